The van der Waals surface area contributed by atoms with E-state index in [-0.39, 0.29) is 22.7 Å². The number of benzene rings is 3. The van der Waals surface area contributed by atoms with Crippen molar-refractivity contribution in [1.82, 2.24) is 0 Å². The molecule has 0 radical (unpaired) electrons. The van der Waals surface area contributed by atoms with Gasteiger partial charge in [0.2, 0.25) is 0 Å². The Morgan fingerprint density at radius 2 is 1.72 bits per heavy atom. The molecule has 0 saturated heterocycles. The van der Waals surface area contributed by atoms with E-state index in [2.05, 4.69) is 15.2 Å². The van der Waals surface area contributed by atoms with Gasteiger partial charge in [-0.05, 0) is 36.4 Å². The SMILES string of the molecule is O=C(O)c1ccccc1NS(=O)(=O)c1ccc(N/N=C/c2ccccc2O)c([N+](=O)[O-])c1. The lowest BCUT2D eigenvalue weighted by Crippen LogP contribution is -2.16. The summed E-state index contributed by atoms with van der Waals surface area (Å²) in [6, 6.07) is 14.7. The van der Waals surface area contributed by atoms with Crippen molar-refractivity contribution in [2.45, 2.75) is 4.90 Å². The van der Waals surface area contributed by atoms with Gasteiger partial charge in [0.15, 0.2) is 0 Å². The van der Waals surface area contributed by atoms with Crippen molar-refractivity contribution < 1.29 is 28.3 Å². The second-order valence-electron chi connectivity index (χ2n) is 6.32. The van der Waals surface area contributed by atoms with Crippen LogP contribution in [0.5, 0.6) is 5.75 Å². The van der Waals surface area contributed by atoms with Gasteiger partial charge in [-0.25, -0.2) is 13.2 Å². The summed E-state index contributed by atoms with van der Waals surface area (Å²) in [6.45, 7) is 0. The Balaban J connectivity index is 1.89. The first-order chi connectivity index (χ1) is 15.2. The average molecular weight is 456 g/mol. The summed E-state index contributed by atoms with van der Waals surface area (Å²) in [4.78, 5) is 21.5. The van der Waals surface area contributed by atoms with Crippen LogP contribution in [0.1, 0.15) is 15.9 Å². The number of para-hydroxylation sites is 2. The Labute approximate surface area is 181 Å². The number of aromatic hydroxyl groups is 1. The lowest BCUT2D eigenvalue weighted by molar-refractivity contribution is -0.384. The summed E-state index contributed by atoms with van der Waals surface area (Å²) in [5, 5.41) is 34.2. The lowest BCUT2D eigenvalue weighted by Gasteiger charge is -2.11. The van der Waals surface area contributed by atoms with Crippen LogP contribution in [-0.4, -0.2) is 35.7 Å². The Morgan fingerprint density at radius 3 is 2.41 bits per heavy atom. The first-order valence-corrected chi connectivity index (χ1v) is 10.4. The van der Waals surface area contributed by atoms with Crippen LogP contribution in [-0.2, 0) is 10.0 Å². The maximum atomic E-state index is 12.7. The number of rotatable bonds is 8. The van der Waals surface area contributed by atoms with E-state index in [1.807, 2.05) is 0 Å². The number of nitro groups is 1. The van der Waals surface area contributed by atoms with Crippen molar-refractivity contribution in [2.75, 3.05) is 10.1 Å². The van der Waals surface area contributed by atoms with Crippen molar-refractivity contribution in [3.05, 3.63) is 88.0 Å². The molecule has 32 heavy (non-hydrogen) atoms. The summed E-state index contributed by atoms with van der Waals surface area (Å²) in [5.41, 5.74) is 1.69. The van der Waals surface area contributed by atoms with E-state index < -0.39 is 31.5 Å². The van der Waals surface area contributed by atoms with E-state index >= 15 is 0 Å². The van der Waals surface area contributed by atoms with Crippen LogP contribution >= 0.6 is 0 Å². The molecule has 0 spiro atoms. The van der Waals surface area contributed by atoms with E-state index in [0.717, 1.165) is 18.2 Å². The Kier molecular flexibility index (Phi) is 6.35. The van der Waals surface area contributed by atoms with E-state index in [9.17, 15) is 33.5 Å². The molecule has 0 aliphatic carbocycles. The van der Waals surface area contributed by atoms with Crippen LogP contribution < -0.4 is 10.1 Å². The lowest BCUT2D eigenvalue weighted by atomic mass is 10.2. The molecule has 3 aromatic rings. The zero-order chi connectivity index (χ0) is 23.3. The number of hydrogen-bond donors (Lipinski definition) is 4. The number of nitrogens with zero attached hydrogens (tertiary/aromatic N) is 2. The minimum absolute atomic E-state index is 0.0401. The van der Waals surface area contributed by atoms with E-state index in [1.54, 1.807) is 18.2 Å². The molecule has 0 heterocycles. The highest BCUT2D eigenvalue weighted by Crippen LogP contribution is 2.29. The molecule has 12 heteroatoms. The maximum absolute atomic E-state index is 12.7. The van der Waals surface area contributed by atoms with Gasteiger partial charge in [-0.1, -0.05) is 24.3 Å². The van der Waals surface area contributed by atoms with E-state index in [0.29, 0.717) is 5.56 Å². The topological polar surface area (TPSA) is 171 Å². The number of aromatic carboxylic acids is 1. The number of nitrogens with one attached hydrogen (secondary N) is 2. The molecule has 0 saturated carbocycles. The van der Waals surface area contributed by atoms with Gasteiger partial charge in [-0.3, -0.25) is 20.3 Å². The van der Waals surface area contributed by atoms with E-state index in [4.69, 9.17) is 0 Å². The van der Waals surface area contributed by atoms with Crippen LogP contribution in [0.15, 0.2) is 76.7 Å². The number of carboxylic acids is 1. The molecular weight excluding hydrogens is 440 g/mol. The number of phenols is 1. The molecule has 0 aromatic heterocycles. The summed E-state index contributed by atoms with van der Waals surface area (Å²) >= 11 is 0. The van der Waals surface area contributed by atoms with Crippen molar-refractivity contribution in [3.63, 3.8) is 0 Å². The highest BCUT2D eigenvalue weighted by molar-refractivity contribution is 7.92. The fourth-order valence-corrected chi connectivity index (χ4v) is 3.75. The highest BCUT2D eigenvalue weighted by Gasteiger charge is 2.23. The molecule has 3 rings (SSSR count). The Hall–Kier alpha value is -4.45. The van der Waals surface area contributed by atoms with E-state index in [1.165, 1.54) is 36.5 Å². The summed E-state index contributed by atoms with van der Waals surface area (Å²) < 4.78 is 27.5. The van der Waals surface area contributed by atoms with Gasteiger partial charge < -0.3 is 10.2 Å². The van der Waals surface area contributed by atoms with Crippen molar-refractivity contribution in [2.24, 2.45) is 5.10 Å². The number of sulfonamides is 1. The normalized spacial score (nSPS) is 11.2. The minimum atomic E-state index is -4.33. The van der Waals surface area contributed by atoms with Gasteiger partial charge in [0.25, 0.3) is 15.7 Å². The smallest absolute Gasteiger partial charge is 0.337 e. The van der Waals surface area contributed by atoms with Crippen LogP contribution in [0.2, 0.25) is 0 Å². The van der Waals surface area contributed by atoms with Gasteiger partial charge >= 0.3 is 5.97 Å². The Morgan fingerprint density at radius 1 is 1.03 bits per heavy atom. The first kappa shape index (κ1) is 22.2. The number of nitro benzene ring substituents is 1. The standard InChI is InChI=1S/C20H16N4O7S/c25-19-8-4-1-5-13(19)12-21-22-17-10-9-14(11-18(17)24(28)29)32(30,31)23-16-7-3-2-6-15(16)20(26)27/h1-12,22-23,25H,(H,26,27)/b21-12+. The third-order valence-electron chi connectivity index (χ3n) is 4.20. The molecule has 0 unspecified atom stereocenters. The van der Waals surface area contributed by atoms with Crippen molar-refractivity contribution >= 4 is 39.3 Å². The molecule has 164 valence electrons. The molecule has 11 nitrogen and oxygen atoms in total. The third-order valence-corrected chi connectivity index (χ3v) is 5.57. The number of hydrazone groups is 1. The molecule has 0 aliphatic heterocycles. The zero-order valence-corrected chi connectivity index (χ0v) is 17.0. The highest BCUT2D eigenvalue weighted by atomic mass is 32.2. The number of hydrogen-bond acceptors (Lipinski definition) is 8. The van der Waals surface area contributed by atoms with Crippen molar-refractivity contribution in [1.29, 1.82) is 0 Å². The van der Waals surface area contributed by atoms with Gasteiger partial charge in [0, 0.05) is 11.6 Å². The fraction of sp³-hybridized carbons (Fsp3) is 0. The van der Waals surface area contributed by atoms with Crippen LogP contribution in [0, 0.1) is 10.1 Å². The van der Waals surface area contributed by atoms with Crippen LogP contribution in [0.4, 0.5) is 17.1 Å². The molecule has 0 fully saturated rings. The molecule has 0 aliphatic rings. The molecular formula is C20H16N4O7S. The average Bonchev–Trinajstić information content (AvgIpc) is 2.75. The summed E-state index contributed by atoms with van der Waals surface area (Å²) in [5.74, 6) is -1.38. The number of carbonyl (C=O) groups is 1. The van der Waals surface area contributed by atoms with Crippen LogP contribution in [0.3, 0.4) is 0 Å². The Bertz CT molecular complexity index is 1320. The number of phenolic OH excluding ortho intramolecular Hbond substituents is 1. The van der Waals surface area contributed by atoms with Gasteiger partial charge in [0.05, 0.1) is 27.3 Å². The minimum Gasteiger partial charge on any atom is -0.507 e. The van der Waals surface area contributed by atoms with Gasteiger partial charge in [0.1, 0.15) is 11.4 Å². The molecule has 0 amide bonds. The fourth-order valence-electron chi connectivity index (χ4n) is 2.65. The number of carboxylic acid groups (broad SMARTS) is 1. The second-order valence-corrected chi connectivity index (χ2v) is 8.00. The molecule has 0 atom stereocenters. The predicted molar refractivity (Wildman–Crippen MR) is 117 cm³/mol. The molecule has 0 bridgehead atoms. The zero-order valence-electron chi connectivity index (χ0n) is 16.2. The van der Waals surface area contributed by atoms with Crippen molar-refractivity contribution in [3.8, 4) is 5.75 Å². The maximum Gasteiger partial charge on any atom is 0.337 e. The monoisotopic (exact) mass is 456 g/mol. The molecule has 4 N–H and O–H groups in total. The summed E-state index contributed by atoms with van der Waals surface area (Å²) in [7, 11) is -4.33. The van der Waals surface area contributed by atoms with Gasteiger partial charge in [-0.15, -0.1) is 0 Å². The van der Waals surface area contributed by atoms with Gasteiger partial charge in [-0.2, -0.15) is 5.10 Å². The predicted octanol–water partition coefficient (Wildman–Crippen LogP) is 3.25. The second kappa shape index (κ2) is 9.14. The summed E-state index contributed by atoms with van der Waals surface area (Å²) in [6.07, 6.45) is 1.24. The largest absolute Gasteiger partial charge is 0.507 e. The first-order valence-electron chi connectivity index (χ1n) is 8.89. The third kappa shape index (κ3) is 4.99. The van der Waals surface area contributed by atoms with Crippen LogP contribution in [0.25, 0.3) is 0 Å². The number of anilines is 2. The quantitative estimate of drug-likeness (QED) is 0.227. The molecule has 3 aromatic carbocycles.